The number of pyridine rings is 1. The predicted molar refractivity (Wildman–Crippen MR) is 132 cm³/mol. The molecule has 0 aliphatic carbocycles. The Morgan fingerprint density at radius 2 is 1.59 bits per heavy atom. The van der Waals surface area contributed by atoms with Crippen LogP contribution in [0.5, 0.6) is 0 Å². The number of nitrogens with zero attached hydrogens (tertiary/aromatic N) is 4. The molecule has 13 heteroatoms. The number of sulfone groups is 1. The van der Waals surface area contributed by atoms with E-state index in [1.165, 1.54) is 12.1 Å². The van der Waals surface area contributed by atoms with E-state index in [1.54, 1.807) is 31.0 Å². The van der Waals surface area contributed by atoms with Crippen LogP contribution in [-0.4, -0.2) is 92.4 Å². The van der Waals surface area contributed by atoms with Crippen LogP contribution in [0.15, 0.2) is 39.4 Å². The monoisotopic (exact) mass is 495 g/mol. The Morgan fingerprint density at radius 3 is 2.18 bits per heavy atom. The number of aliphatic hydroxyl groups excluding tert-OH is 3. The first kappa shape index (κ1) is 27.4. The van der Waals surface area contributed by atoms with Gasteiger partial charge in [0.2, 0.25) is 0 Å². The maximum Gasteiger partial charge on any atom is 0.179 e. The molecule has 0 saturated carbocycles. The highest BCUT2D eigenvalue weighted by Gasteiger charge is 2.17. The van der Waals surface area contributed by atoms with Crippen LogP contribution >= 0.6 is 0 Å². The molecule has 12 nitrogen and oxygen atoms in total. The zero-order valence-electron chi connectivity index (χ0n) is 19.4. The van der Waals surface area contributed by atoms with Crippen molar-refractivity contribution in [1.29, 1.82) is 0 Å². The van der Waals surface area contributed by atoms with Crippen molar-refractivity contribution in [3.8, 4) is 0 Å². The predicted octanol–water partition coefficient (Wildman–Crippen LogP) is 0.894. The third-order valence-corrected chi connectivity index (χ3v) is 6.67. The molecule has 7 N–H and O–H groups in total. The summed E-state index contributed by atoms with van der Waals surface area (Å²) in [7, 11) is -1.73. The molecular weight excluding hydrogens is 462 g/mol. The number of likely N-dealkylation sites (N-methyl/N-ethyl adjacent to an activating group) is 1. The van der Waals surface area contributed by atoms with E-state index in [4.69, 9.17) is 21.1 Å². The molecule has 0 spiro atoms. The Hall–Kier alpha value is -2.84. The standard InChI is InChI=1S/C21H33N7O5S/c1-15-18(22)20(23-7-11-29)25-21(24-8-12-30)19(15)27-26-16-3-5-17(6-4-16)34(32,33)14-10-28(2)9-13-31/h3-6,29-31H,7-14,22H2,1-2H3,(H2,23,24,25)/b27-26+. The van der Waals surface area contributed by atoms with Crippen LogP contribution in [0.25, 0.3) is 0 Å². The Morgan fingerprint density at radius 1 is 0.971 bits per heavy atom. The van der Waals surface area contributed by atoms with Gasteiger partial charge in [-0.1, -0.05) is 0 Å². The molecule has 0 aliphatic rings. The van der Waals surface area contributed by atoms with Crippen LogP contribution < -0.4 is 16.4 Å². The van der Waals surface area contributed by atoms with Crippen molar-refractivity contribution in [2.45, 2.75) is 11.8 Å². The molecule has 188 valence electrons. The normalized spacial score (nSPS) is 11.9. The number of hydrogen-bond acceptors (Lipinski definition) is 12. The van der Waals surface area contributed by atoms with Crippen LogP contribution in [0.3, 0.4) is 0 Å². The van der Waals surface area contributed by atoms with E-state index in [2.05, 4.69) is 25.8 Å². The van der Waals surface area contributed by atoms with Gasteiger partial charge in [-0.2, -0.15) is 5.11 Å². The van der Waals surface area contributed by atoms with Gasteiger partial charge in [-0.05, 0) is 38.2 Å². The highest BCUT2D eigenvalue weighted by atomic mass is 32.2. The molecular formula is C21H33N7O5S. The van der Waals surface area contributed by atoms with Gasteiger partial charge in [0, 0.05) is 31.7 Å². The van der Waals surface area contributed by atoms with Crippen molar-refractivity contribution in [2.75, 3.05) is 75.2 Å². The minimum Gasteiger partial charge on any atom is -0.395 e. The summed E-state index contributed by atoms with van der Waals surface area (Å²) in [5.41, 5.74) is 7.93. The van der Waals surface area contributed by atoms with Gasteiger partial charge in [0.1, 0.15) is 5.69 Å². The lowest BCUT2D eigenvalue weighted by atomic mass is 10.2. The number of nitrogens with two attached hydrogens (primary N) is 1. The number of hydrogen-bond donors (Lipinski definition) is 6. The van der Waals surface area contributed by atoms with Gasteiger partial charge >= 0.3 is 0 Å². The summed E-state index contributed by atoms with van der Waals surface area (Å²) in [6.07, 6.45) is 0. The zero-order chi connectivity index (χ0) is 25.1. The third kappa shape index (κ3) is 7.60. The molecule has 0 unspecified atom stereocenters. The molecule has 0 bridgehead atoms. The summed E-state index contributed by atoms with van der Waals surface area (Å²) in [6, 6.07) is 6.06. The van der Waals surface area contributed by atoms with Crippen LogP contribution in [0.2, 0.25) is 0 Å². The van der Waals surface area contributed by atoms with E-state index in [-0.39, 0.29) is 43.6 Å². The largest absolute Gasteiger partial charge is 0.395 e. The molecule has 0 atom stereocenters. The quantitative estimate of drug-likeness (QED) is 0.206. The van der Waals surface area contributed by atoms with Gasteiger partial charge < -0.3 is 36.6 Å². The topological polar surface area (TPSA) is 186 Å². The second kappa shape index (κ2) is 13.2. The smallest absolute Gasteiger partial charge is 0.179 e. The number of benzene rings is 1. The van der Waals surface area contributed by atoms with Crippen molar-refractivity contribution < 1.29 is 23.7 Å². The first-order valence-corrected chi connectivity index (χ1v) is 12.4. The number of anilines is 3. The number of aliphatic hydroxyl groups is 3. The maximum absolute atomic E-state index is 12.6. The molecule has 1 aromatic heterocycles. The van der Waals surface area contributed by atoms with Gasteiger partial charge in [-0.3, -0.25) is 0 Å². The van der Waals surface area contributed by atoms with Crippen molar-refractivity contribution in [2.24, 2.45) is 10.2 Å². The zero-order valence-corrected chi connectivity index (χ0v) is 20.2. The summed E-state index contributed by atoms with van der Waals surface area (Å²) in [4.78, 5) is 6.31. The fraction of sp³-hybridized carbons (Fsp3) is 0.476. The number of aromatic nitrogens is 1. The lowest BCUT2D eigenvalue weighted by Crippen LogP contribution is -2.28. The van der Waals surface area contributed by atoms with Crippen molar-refractivity contribution in [3.63, 3.8) is 0 Å². The molecule has 1 heterocycles. The van der Waals surface area contributed by atoms with Gasteiger partial charge in [0.05, 0.1) is 41.8 Å². The van der Waals surface area contributed by atoms with Crippen molar-refractivity contribution >= 4 is 38.5 Å². The molecule has 0 fully saturated rings. The fourth-order valence-electron chi connectivity index (χ4n) is 2.94. The van der Waals surface area contributed by atoms with Crippen LogP contribution in [0.4, 0.5) is 28.7 Å². The van der Waals surface area contributed by atoms with Crippen molar-refractivity contribution in [3.05, 3.63) is 29.8 Å². The van der Waals surface area contributed by atoms with Crippen LogP contribution in [-0.2, 0) is 9.84 Å². The lowest BCUT2D eigenvalue weighted by Gasteiger charge is -2.15. The van der Waals surface area contributed by atoms with Crippen LogP contribution in [0.1, 0.15) is 5.56 Å². The van der Waals surface area contributed by atoms with E-state index < -0.39 is 9.84 Å². The summed E-state index contributed by atoms with van der Waals surface area (Å²) in [5, 5.41) is 41.5. The molecule has 34 heavy (non-hydrogen) atoms. The van der Waals surface area contributed by atoms with E-state index in [0.717, 1.165) is 0 Å². The molecule has 0 saturated heterocycles. The molecule has 1 aromatic carbocycles. The lowest BCUT2D eigenvalue weighted by molar-refractivity contribution is 0.227. The molecule has 0 radical (unpaired) electrons. The first-order valence-electron chi connectivity index (χ1n) is 10.8. The Bertz CT molecular complexity index is 1060. The molecule has 0 amide bonds. The Labute approximate surface area is 199 Å². The Kier molecular flexibility index (Phi) is 10.6. The van der Waals surface area contributed by atoms with E-state index in [1.807, 2.05) is 0 Å². The fourth-order valence-corrected chi connectivity index (χ4v) is 4.28. The summed E-state index contributed by atoms with van der Waals surface area (Å²) < 4.78 is 25.1. The summed E-state index contributed by atoms with van der Waals surface area (Å²) in [5.74, 6) is 0.673. The highest BCUT2D eigenvalue weighted by Crippen LogP contribution is 2.36. The average molecular weight is 496 g/mol. The van der Waals surface area contributed by atoms with Crippen LogP contribution in [0, 0.1) is 6.92 Å². The number of nitrogen functional groups attached to an aromatic ring is 1. The number of azo groups is 1. The summed E-state index contributed by atoms with van der Waals surface area (Å²) in [6.45, 7) is 2.73. The van der Waals surface area contributed by atoms with Gasteiger partial charge in [0.15, 0.2) is 21.5 Å². The molecule has 0 aliphatic heterocycles. The Balaban J connectivity index is 2.24. The summed E-state index contributed by atoms with van der Waals surface area (Å²) >= 11 is 0. The second-order valence-electron chi connectivity index (χ2n) is 7.54. The van der Waals surface area contributed by atoms with E-state index >= 15 is 0 Å². The average Bonchev–Trinajstić information content (AvgIpc) is 2.82. The van der Waals surface area contributed by atoms with Gasteiger partial charge in [0.25, 0.3) is 0 Å². The first-order chi connectivity index (χ1) is 16.2. The highest BCUT2D eigenvalue weighted by molar-refractivity contribution is 7.91. The van der Waals surface area contributed by atoms with Gasteiger partial charge in [-0.15, -0.1) is 5.11 Å². The number of rotatable bonds is 14. The number of nitrogens with one attached hydrogen (secondary N) is 2. The van der Waals surface area contributed by atoms with E-state index in [0.29, 0.717) is 47.4 Å². The third-order valence-electron chi connectivity index (χ3n) is 4.96. The second-order valence-corrected chi connectivity index (χ2v) is 9.65. The molecule has 2 rings (SSSR count). The minimum atomic E-state index is -3.48. The minimum absolute atomic E-state index is 0.0317. The van der Waals surface area contributed by atoms with Crippen molar-refractivity contribution in [1.82, 2.24) is 9.88 Å². The molecule has 2 aromatic rings. The van der Waals surface area contributed by atoms with Gasteiger partial charge in [-0.25, -0.2) is 13.4 Å². The maximum atomic E-state index is 12.6. The SMILES string of the molecule is Cc1c(N)c(NCCO)nc(NCCO)c1/N=N/c1ccc(S(=O)(=O)CCN(C)CCO)cc1. The van der Waals surface area contributed by atoms with E-state index in [9.17, 15) is 8.42 Å².